The average Bonchev–Trinajstić information content (AvgIpc) is 2.48. The van der Waals surface area contributed by atoms with Crippen LogP contribution in [-0.4, -0.2) is 11.6 Å². The molecule has 0 N–H and O–H groups in total. The van der Waals surface area contributed by atoms with Crippen LogP contribution in [0.1, 0.15) is 31.9 Å². The zero-order valence-corrected chi connectivity index (χ0v) is 9.87. The van der Waals surface area contributed by atoms with Crippen LogP contribution in [0, 0.1) is 0 Å². The molecular formula is C13H16O3. The number of hydrogen-bond acceptors (Lipinski definition) is 3. The molecule has 1 heterocycles. The van der Waals surface area contributed by atoms with Gasteiger partial charge in [0.2, 0.25) is 0 Å². The van der Waals surface area contributed by atoms with E-state index in [2.05, 4.69) is 13.8 Å². The number of esters is 1. The fourth-order valence-corrected chi connectivity index (χ4v) is 1.98. The molecule has 1 aromatic rings. The molecule has 0 saturated carbocycles. The zero-order chi connectivity index (χ0) is 11.8. The average molecular weight is 220 g/mol. The molecule has 0 amide bonds. The topological polar surface area (TPSA) is 35.5 Å². The largest absolute Gasteiger partial charge is 0.487 e. The number of carbonyl (C=O) groups excluding carboxylic acids is 1. The second-order valence-electron chi connectivity index (χ2n) is 4.71. The molecule has 1 aliphatic heterocycles. The number of hydrogen-bond donors (Lipinski definition) is 0. The minimum absolute atomic E-state index is 0.158. The summed E-state index contributed by atoms with van der Waals surface area (Å²) in [4.78, 5) is 10.8. The normalized spacial score (nSPS) is 16.4. The van der Waals surface area contributed by atoms with Gasteiger partial charge in [-0.2, -0.15) is 0 Å². The van der Waals surface area contributed by atoms with Gasteiger partial charge in [0.15, 0.2) is 0 Å². The summed E-state index contributed by atoms with van der Waals surface area (Å²) in [5, 5.41) is 0. The van der Waals surface area contributed by atoms with Gasteiger partial charge in [0, 0.05) is 18.9 Å². The predicted octanol–water partition coefficient (Wildman–Crippen LogP) is 2.46. The van der Waals surface area contributed by atoms with Gasteiger partial charge < -0.3 is 9.47 Å². The lowest BCUT2D eigenvalue weighted by Crippen LogP contribution is -2.24. The van der Waals surface area contributed by atoms with Crippen LogP contribution in [0.4, 0.5) is 0 Å². The lowest BCUT2D eigenvalue weighted by Gasteiger charge is -2.16. The maximum absolute atomic E-state index is 10.8. The summed E-state index contributed by atoms with van der Waals surface area (Å²) in [7, 11) is 0. The van der Waals surface area contributed by atoms with E-state index in [0.29, 0.717) is 6.61 Å². The SMILES string of the molecule is CC(=O)OCc1cccc2c1CC(C)(C)O2. The van der Waals surface area contributed by atoms with Gasteiger partial charge >= 0.3 is 5.97 Å². The van der Waals surface area contributed by atoms with E-state index in [0.717, 1.165) is 23.3 Å². The third kappa shape index (κ3) is 2.18. The molecule has 0 radical (unpaired) electrons. The Labute approximate surface area is 95.4 Å². The second kappa shape index (κ2) is 3.81. The zero-order valence-electron chi connectivity index (χ0n) is 9.87. The second-order valence-corrected chi connectivity index (χ2v) is 4.71. The first-order chi connectivity index (χ1) is 7.48. The van der Waals surface area contributed by atoms with E-state index in [1.54, 1.807) is 0 Å². The van der Waals surface area contributed by atoms with Crippen molar-refractivity contribution >= 4 is 5.97 Å². The fourth-order valence-electron chi connectivity index (χ4n) is 1.98. The summed E-state index contributed by atoms with van der Waals surface area (Å²) in [6, 6.07) is 5.87. The van der Waals surface area contributed by atoms with Crippen molar-refractivity contribution in [3.8, 4) is 5.75 Å². The first kappa shape index (κ1) is 11.0. The highest BCUT2D eigenvalue weighted by Gasteiger charge is 2.31. The number of fused-ring (bicyclic) bond motifs is 1. The summed E-state index contributed by atoms with van der Waals surface area (Å²) < 4.78 is 10.8. The first-order valence-electron chi connectivity index (χ1n) is 5.41. The maximum atomic E-state index is 10.8. The highest BCUT2D eigenvalue weighted by molar-refractivity contribution is 5.66. The van der Waals surface area contributed by atoms with Crippen LogP contribution in [0.15, 0.2) is 18.2 Å². The molecule has 0 saturated heterocycles. The van der Waals surface area contributed by atoms with E-state index >= 15 is 0 Å². The Morgan fingerprint density at radius 3 is 2.94 bits per heavy atom. The van der Waals surface area contributed by atoms with Crippen molar-refractivity contribution < 1.29 is 14.3 Å². The Morgan fingerprint density at radius 1 is 1.50 bits per heavy atom. The van der Waals surface area contributed by atoms with Crippen LogP contribution in [0.2, 0.25) is 0 Å². The molecule has 0 spiro atoms. The van der Waals surface area contributed by atoms with Gasteiger partial charge in [-0.25, -0.2) is 0 Å². The van der Waals surface area contributed by atoms with Crippen LogP contribution in [0.5, 0.6) is 5.75 Å². The van der Waals surface area contributed by atoms with Crippen LogP contribution < -0.4 is 4.74 Å². The third-order valence-corrected chi connectivity index (χ3v) is 2.65. The molecule has 3 nitrogen and oxygen atoms in total. The monoisotopic (exact) mass is 220 g/mol. The van der Waals surface area contributed by atoms with Crippen LogP contribution in [-0.2, 0) is 22.6 Å². The quantitative estimate of drug-likeness (QED) is 0.718. The van der Waals surface area contributed by atoms with Gasteiger partial charge in [0.1, 0.15) is 18.0 Å². The van der Waals surface area contributed by atoms with E-state index in [1.807, 2.05) is 18.2 Å². The van der Waals surface area contributed by atoms with Crippen molar-refractivity contribution in [2.24, 2.45) is 0 Å². The summed E-state index contributed by atoms with van der Waals surface area (Å²) in [5.74, 6) is 0.658. The van der Waals surface area contributed by atoms with Crippen molar-refractivity contribution in [3.63, 3.8) is 0 Å². The molecule has 2 rings (SSSR count). The molecule has 1 aromatic carbocycles. The number of carbonyl (C=O) groups is 1. The molecule has 1 aliphatic rings. The van der Waals surface area contributed by atoms with Crippen LogP contribution in [0.3, 0.4) is 0 Å². The minimum Gasteiger partial charge on any atom is -0.487 e. The molecule has 86 valence electrons. The Hall–Kier alpha value is -1.51. The summed E-state index contributed by atoms with van der Waals surface area (Å²) in [6.07, 6.45) is 0.861. The molecule has 0 fully saturated rings. The summed E-state index contributed by atoms with van der Waals surface area (Å²) in [6.45, 7) is 5.87. The van der Waals surface area contributed by atoms with Gasteiger partial charge in [0.05, 0.1) is 0 Å². The summed E-state index contributed by atoms with van der Waals surface area (Å²) in [5.41, 5.74) is 2.04. The molecule has 0 atom stereocenters. The number of benzene rings is 1. The fraction of sp³-hybridized carbons (Fsp3) is 0.462. The van der Waals surface area contributed by atoms with Crippen LogP contribution >= 0.6 is 0 Å². The smallest absolute Gasteiger partial charge is 0.302 e. The lowest BCUT2D eigenvalue weighted by atomic mass is 9.98. The van der Waals surface area contributed by atoms with Gasteiger partial charge in [-0.15, -0.1) is 0 Å². The highest BCUT2D eigenvalue weighted by Crippen LogP contribution is 2.36. The molecule has 16 heavy (non-hydrogen) atoms. The van der Waals surface area contributed by atoms with E-state index < -0.39 is 0 Å². The van der Waals surface area contributed by atoms with Crippen molar-refractivity contribution in [2.75, 3.05) is 0 Å². The Balaban J connectivity index is 2.23. The van der Waals surface area contributed by atoms with Crippen molar-refractivity contribution in [1.29, 1.82) is 0 Å². The van der Waals surface area contributed by atoms with Gasteiger partial charge in [-0.05, 0) is 25.5 Å². The van der Waals surface area contributed by atoms with E-state index in [1.165, 1.54) is 6.92 Å². The van der Waals surface area contributed by atoms with E-state index in [4.69, 9.17) is 9.47 Å². The minimum atomic E-state index is -0.254. The van der Waals surface area contributed by atoms with E-state index in [9.17, 15) is 4.79 Å². The van der Waals surface area contributed by atoms with Crippen molar-refractivity contribution in [2.45, 2.75) is 39.4 Å². The van der Waals surface area contributed by atoms with Gasteiger partial charge in [-0.1, -0.05) is 12.1 Å². The molecule has 0 unspecified atom stereocenters. The Kier molecular flexibility index (Phi) is 2.62. The predicted molar refractivity (Wildman–Crippen MR) is 60.3 cm³/mol. The van der Waals surface area contributed by atoms with Crippen LogP contribution in [0.25, 0.3) is 0 Å². The Bertz CT molecular complexity index is 421. The molecule has 0 bridgehead atoms. The number of ether oxygens (including phenoxy) is 2. The molecular weight excluding hydrogens is 204 g/mol. The van der Waals surface area contributed by atoms with Gasteiger partial charge in [-0.3, -0.25) is 4.79 Å². The maximum Gasteiger partial charge on any atom is 0.302 e. The molecule has 3 heteroatoms. The standard InChI is InChI=1S/C13H16O3/c1-9(14)15-8-10-5-4-6-12-11(10)7-13(2,3)16-12/h4-6H,7-8H2,1-3H3. The first-order valence-corrected chi connectivity index (χ1v) is 5.41. The highest BCUT2D eigenvalue weighted by atomic mass is 16.5. The molecule has 0 aromatic heterocycles. The van der Waals surface area contributed by atoms with Crippen molar-refractivity contribution in [3.05, 3.63) is 29.3 Å². The lowest BCUT2D eigenvalue weighted by molar-refractivity contribution is -0.142. The third-order valence-electron chi connectivity index (χ3n) is 2.65. The number of rotatable bonds is 2. The summed E-state index contributed by atoms with van der Waals surface area (Å²) >= 11 is 0. The van der Waals surface area contributed by atoms with Gasteiger partial charge in [0.25, 0.3) is 0 Å². The molecule has 0 aliphatic carbocycles. The Morgan fingerprint density at radius 2 is 2.25 bits per heavy atom. The van der Waals surface area contributed by atoms with Crippen molar-refractivity contribution in [1.82, 2.24) is 0 Å². The van der Waals surface area contributed by atoms with E-state index in [-0.39, 0.29) is 11.6 Å².